The Hall–Kier alpha value is -1.83. The first-order valence-corrected chi connectivity index (χ1v) is 6.56. The lowest BCUT2D eigenvalue weighted by atomic mass is 9.79. The predicted molar refractivity (Wildman–Crippen MR) is 79.6 cm³/mol. The standard InChI is InChI=1S/C17H22O2/c1-5-12-17(4,16(18)19-6-2)14(3)13-15-10-8-7-9-11-15/h5,7-11,13H,1,6,12H2,2-4H3/b14-13+. The number of carbonyl (C=O) groups excluding carboxylic acids is 1. The van der Waals surface area contributed by atoms with Gasteiger partial charge in [-0.05, 0) is 32.8 Å². The van der Waals surface area contributed by atoms with Crippen LogP contribution in [0.2, 0.25) is 0 Å². The van der Waals surface area contributed by atoms with Crippen LogP contribution in [0.15, 0.2) is 48.6 Å². The molecule has 1 atom stereocenters. The van der Waals surface area contributed by atoms with E-state index in [1.165, 1.54) is 0 Å². The summed E-state index contributed by atoms with van der Waals surface area (Å²) >= 11 is 0. The minimum Gasteiger partial charge on any atom is -0.465 e. The van der Waals surface area contributed by atoms with E-state index in [0.717, 1.165) is 11.1 Å². The quantitative estimate of drug-likeness (QED) is 0.563. The number of rotatable bonds is 6. The molecule has 1 aromatic carbocycles. The van der Waals surface area contributed by atoms with Gasteiger partial charge < -0.3 is 4.74 Å². The van der Waals surface area contributed by atoms with Gasteiger partial charge in [0, 0.05) is 0 Å². The lowest BCUT2D eigenvalue weighted by molar-refractivity contribution is -0.151. The molecular weight excluding hydrogens is 236 g/mol. The summed E-state index contributed by atoms with van der Waals surface area (Å²) in [4.78, 5) is 12.2. The van der Waals surface area contributed by atoms with Crippen LogP contribution >= 0.6 is 0 Å². The van der Waals surface area contributed by atoms with E-state index < -0.39 is 5.41 Å². The minimum absolute atomic E-state index is 0.195. The summed E-state index contributed by atoms with van der Waals surface area (Å²) in [5, 5.41) is 0. The molecule has 0 saturated heterocycles. The molecule has 0 aliphatic heterocycles. The first-order valence-electron chi connectivity index (χ1n) is 6.56. The smallest absolute Gasteiger partial charge is 0.316 e. The van der Waals surface area contributed by atoms with Crippen molar-refractivity contribution in [2.45, 2.75) is 27.2 Å². The van der Waals surface area contributed by atoms with Crippen molar-refractivity contribution in [3.05, 3.63) is 54.1 Å². The molecule has 0 spiro atoms. The molecule has 19 heavy (non-hydrogen) atoms. The fourth-order valence-corrected chi connectivity index (χ4v) is 1.94. The average molecular weight is 258 g/mol. The second kappa shape index (κ2) is 6.93. The third-order valence-corrected chi connectivity index (χ3v) is 3.33. The number of hydrogen-bond donors (Lipinski definition) is 0. The lowest BCUT2D eigenvalue weighted by Gasteiger charge is -2.27. The lowest BCUT2D eigenvalue weighted by Crippen LogP contribution is -2.30. The molecule has 102 valence electrons. The van der Waals surface area contributed by atoms with Crippen molar-refractivity contribution in [2.24, 2.45) is 5.41 Å². The van der Waals surface area contributed by atoms with E-state index in [4.69, 9.17) is 4.74 Å². The van der Waals surface area contributed by atoms with Gasteiger partial charge in [-0.15, -0.1) is 6.58 Å². The van der Waals surface area contributed by atoms with Crippen LogP contribution in [-0.4, -0.2) is 12.6 Å². The minimum atomic E-state index is -0.645. The van der Waals surface area contributed by atoms with Crippen molar-refractivity contribution < 1.29 is 9.53 Å². The molecule has 0 fully saturated rings. The van der Waals surface area contributed by atoms with Crippen molar-refractivity contribution >= 4 is 12.0 Å². The first kappa shape index (κ1) is 15.2. The average Bonchev–Trinajstić information content (AvgIpc) is 2.40. The van der Waals surface area contributed by atoms with E-state index in [1.54, 1.807) is 6.08 Å². The molecular formula is C17H22O2. The molecule has 0 aliphatic rings. The van der Waals surface area contributed by atoms with Crippen LogP contribution in [0.25, 0.3) is 6.08 Å². The summed E-state index contributed by atoms with van der Waals surface area (Å²) in [5.74, 6) is -0.195. The maximum absolute atomic E-state index is 12.2. The third kappa shape index (κ3) is 3.82. The highest BCUT2D eigenvalue weighted by molar-refractivity contribution is 5.82. The van der Waals surface area contributed by atoms with Gasteiger partial charge >= 0.3 is 5.97 Å². The van der Waals surface area contributed by atoms with Gasteiger partial charge in [0.2, 0.25) is 0 Å². The maximum Gasteiger partial charge on any atom is 0.316 e. The van der Waals surface area contributed by atoms with Crippen LogP contribution in [0, 0.1) is 5.41 Å². The number of allylic oxidation sites excluding steroid dienone is 1. The van der Waals surface area contributed by atoms with Gasteiger partial charge in [-0.2, -0.15) is 0 Å². The van der Waals surface area contributed by atoms with Crippen molar-refractivity contribution in [1.29, 1.82) is 0 Å². The van der Waals surface area contributed by atoms with Gasteiger partial charge in [0.15, 0.2) is 0 Å². The highest BCUT2D eigenvalue weighted by Crippen LogP contribution is 2.34. The van der Waals surface area contributed by atoms with Crippen LogP contribution < -0.4 is 0 Å². The summed E-state index contributed by atoms with van der Waals surface area (Å²) in [5.41, 5.74) is 1.42. The van der Waals surface area contributed by atoms with E-state index >= 15 is 0 Å². The summed E-state index contributed by atoms with van der Waals surface area (Å²) in [6.07, 6.45) is 4.36. The fraction of sp³-hybridized carbons (Fsp3) is 0.353. The zero-order valence-corrected chi connectivity index (χ0v) is 12.0. The fourth-order valence-electron chi connectivity index (χ4n) is 1.94. The van der Waals surface area contributed by atoms with Gasteiger partial charge in [-0.1, -0.05) is 48.1 Å². The van der Waals surface area contributed by atoms with Crippen molar-refractivity contribution in [3.63, 3.8) is 0 Å². The SMILES string of the molecule is C=CCC(C)(C(=O)OCC)/C(C)=C/c1ccccc1. The Balaban J connectivity index is 3.07. The highest BCUT2D eigenvalue weighted by Gasteiger charge is 2.35. The number of benzene rings is 1. The second-order valence-electron chi connectivity index (χ2n) is 4.78. The second-order valence-corrected chi connectivity index (χ2v) is 4.78. The molecule has 0 amide bonds. The number of esters is 1. The summed E-state index contributed by atoms with van der Waals surface area (Å²) in [6, 6.07) is 9.97. The Morgan fingerprint density at radius 2 is 2.00 bits per heavy atom. The molecule has 2 nitrogen and oxygen atoms in total. The summed E-state index contributed by atoms with van der Waals surface area (Å²) < 4.78 is 5.19. The van der Waals surface area contributed by atoms with Crippen molar-refractivity contribution in [3.8, 4) is 0 Å². The molecule has 2 heteroatoms. The molecule has 1 unspecified atom stereocenters. The van der Waals surface area contributed by atoms with E-state index in [1.807, 2.05) is 57.2 Å². The Bertz CT molecular complexity index is 459. The molecule has 0 radical (unpaired) electrons. The van der Waals surface area contributed by atoms with Crippen molar-refractivity contribution in [2.75, 3.05) is 6.61 Å². The molecule has 0 N–H and O–H groups in total. The molecule has 0 heterocycles. The highest BCUT2D eigenvalue weighted by atomic mass is 16.5. The van der Waals surface area contributed by atoms with Gasteiger partial charge in [-0.25, -0.2) is 0 Å². The van der Waals surface area contributed by atoms with E-state index in [9.17, 15) is 4.79 Å². The van der Waals surface area contributed by atoms with Gasteiger partial charge in [-0.3, -0.25) is 4.79 Å². The predicted octanol–water partition coefficient (Wildman–Crippen LogP) is 4.24. The zero-order chi connectivity index (χ0) is 14.3. The number of ether oxygens (including phenoxy) is 1. The van der Waals surface area contributed by atoms with Crippen molar-refractivity contribution in [1.82, 2.24) is 0 Å². The zero-order valence-electron chi connectivity index (χ0n) is 12.0. The molecule has 0 aromatic heterocycles. The van der Waals surface area contributed by atoms with Gasteiger partial charge in [0.25, 0.3) is 0 Å². The number of hydrogen-bond acceptors (Lipinski definition) is 2. The number of carbonyl (C=O) groups is 1. The molecule has 0 saturated carbocycles. The molecule has 1 rings (SSSR count). The van der Waals surface area contributed by atoms with E-state index in [-0.39, 0.29) is 5.97 Å². The summed E-state index contributed by atoms with van der Waals surface area (Å²) in [7, 11) is 0. The molecule has 0 aliphatic carbocycles. The molecule has 1 aromatic rings. The Kier molecular flexibility index (Phi) is 5.56. The van der Waals surface area contributed by atoms with E-state index in [0.29, 0.717) is 13.0 Å². The first-order chi connectivity index (χ1) is 9.04. The van der Waals surface area contributed by atoms with Crippen LogP contribution in [0.1, 0.15) is 32.8 Å². The van der Waals surface area contributed by atoms with E-state index in [2.05, 4.69) is 6.58 Å². The van der Waals surface area contributed by atoms with Crippen LogP contribution in [0.4, 0.5) is 0 Å². The van der Waals surface area contributed by atoms with Crippen LogP contribution in [-0.2, 0) is 9.53 Å². The van der Waals surface area contributed by atoms with Gasteiger partial charge in [0.05, 0.1) is 12.0 Å². The normalized spacial score (nSPS) is 14.6. The van der Waals surface area contributed by atoms with Gasteiger partial charge in [0.1, 0.15) is 0 Å². The maximum atomic E-state index is 12.2. The van der Waals surface area contributed by atoms with Crippen LogP contribution in [0.3, 0.4) is 0 Å². The Morgan fingerprint density at radius 3 is 2.53 bits per heavy atom. The summed E-state index contributed by atoms with van der Waals surface area (Å²) in [6.45, 7) is 9.83. The third-order valence-electron chi connectivity index (χ3n) is 3.33. The largest absolute Gasteiger partial charge is 0.465 e. The monoisotopic (exact) mass is 258 g/mol. The van der Waals surface area contributed by atoms with Crippen LogP contribution in [0.5, 0.6) is 0 Å². The topological polar surface area (TPSA) is 26.3 Å². The molecule has 0 bridgehead atoms. The Labute approximate surface area is 115 Å². The Morgan fingerprint density at radius 1 is 1.37 bits per heavy atom.